The number of para-hydroxylation sites is 1. The zero-order chi connectivity index (χ0) is 26.5. The molecule has 0 unspecified atom stereocenters. The highest BCUT2D eigenvalue weighted by Crippen LogP contribution is 2.39. The molecule has 4 rings (SSSR count). The molecule has 37 heavy (non-hydrogen) atoms. The van der Waals surface area contributed by atoms with Crippen molar-refractivity contribution in [3.63, 3.8) is 0 Å². The number of aromatic nitrogens is 1. The third-order valence-corrected chi connectivity index (χ3v) is 7.07. The summed E-state index contributed by atoms with van der Waals surface area (Å²) in [5.74, 6) is 6.77. The summed E-state index contributed by atoms with van der Waals surface area (Å²) in [6, 6.07) is 16.0. The van der Waals surface area contributed by atoms with Gasteiger partial charge in [-0.25, -0.2) is 5.84 Å². The van der Waals surface area contributed by atoms with E-state index in [1.807, 2.05) is 36.4 Å². The molecule has 4 aromatic rings. The number of nitrogens with two attached hydrogens (primary N) is 1. The SMILES string of the molecule is COc1cc(OC)cc(-n2c3ccccc3c3c(C(=O)NN)cc(CCCCCCN(C)C)c(C)c32)c1. The van der Waals surface area contributed by atoms with Gasteiger partial charge in [0.2, 0.25) is 0 Å². The minimum atomic E-state index is -0.289. The zero-order valence-electron chi connectivity index (χ0n) is 22.6. The van der Waals surface area contributed by atoms with Crippen LogP contribution in [0.4, 0.5) is 0 Å². The van der Waals surface area contributed by atoms with Gasteiger partial charge in [0.1, 0.15) is 11.5 Å². The Bertz CT molecular complexity index is 1390. The highest BCUT2D eigenvalue weighted by Gasteiger charge is 2.23. The van der Waals surface area contributed by atoms with E-state index >= 15 is 0 Å². The van der Waals surface area contributed by atoms with Crippen LogP contribution in [0.1, 0.15) is 47.2 Å². The van der Waals surface area contributed by atoms with Crippen molar-refractivity contribution in [1.82, 2.24) is 14.9 Å². The molecule has 0 bridgehead atoms. The fourth-order valence-corrected chi connectivity index (χ4v) is 5.18. The van der Waals surface area contributed by atoms with Crippen LogP contribution in [0, 0.1) is 6.92 Å². The third kappa shape index (κ3) is 5.43. The number of nitrogens with one attached hydrogen (secondary N) is 1. The van der Waals surface area contributed by atoms with Crippen molar-refractivity contribution in [2.24, 2.45) is 5.84 Å². The van der Waals surface area contributed by atoms with Crippen LogP contribution in [-0.4, -0.2) is 50.2 Å². The number of rotatable bonds is 11. The Balaban J connectivity index is 1.90. The lowest BCUT2D eigenvalue weighted by molar-refractivity contribution is 0.0955. The molecule has 0 fully saturated rings. The van der Waals surface area contributed by atoms with Crippen LogP contribution >= 0.6 is 0 Å². The summed E-state index contributed by atoms with van der Waals surface area (Å²) in [5.41, 5.74) is 8.20. The minimum Gasteiger partial charge on any atom is -0.497 e. The molecule has 1 aromatic heterocycles. The number of hydrogen-bond donors (Lipinski definition) is 2. The average Bonchev–Trinajstić information content (AvgIpc) is 3.26. The van der Waals surface area contributed by atoms with Crippen LogP contribution in [0.5, 0.6) is 11.5 Å². The van der Waals surface area contributed by atoms with Gasteiger partial charge in [0.15, 0.2) is 0 Å². The summed E-state index contributed by atoms with van der Waals surface area (Å²) in [7, 11) is 7.52. The summed E-state index contributed by atoms with van der Waals surface area (Å²) in [4.78, 5) is 15.3. The Hall–Kier alpha value is -3.55. The molecule has 0 radical (unpaired) electrons. The van der Waals surface area contributed by atoms with Crippen LogP contribution in [0.3, 0.4) is 0 Å². The Kier molecular flexibility index (Phi) is 8.36. The number of hydrazine groups is 1. The van der Waals surface area contributed by atoms with E-state index in [-0.39, 0.29) is 5.91 Å². The zero-order valence-corrected chi connectivity index (χ0v) is 22.6. The van der Waals surface area contributed by atoms with E-state index in [9.17, 15) is 4.79 Å². The molecule has 3 aromatic carbocycles. The van der Waals surface area contributed by atoms with E-state index in [4.69, 9.17) is 15.3 Å². The number of nitrogens with zero attached hydrogens (tertiary/aromatic N) is 2. The maximum Gasteiger partial charge on any atom is 0.265 e. The molecule has 0 spiro atoms. The lowest BCUT2D eigenvalue weighted by Crippen LogP contribution is -2.30. The van der Waals surface area contributed by atoms with Gasteiger partial charge >= 0.3 is 0 Å². The van der Waals surface area contributed by atoms with E-state index < -0.39 is 0 Å². The smallest absolute Gasteiger partial charge is 0.265 e. The number of amides is 1. The van der Waals surface area contributed by atoms with Gasteiger partial charge in [-0.15, -0.1) is 0 Å². The Morgan fingerprint density at radius 3 is 2.30 bits per heavy atom. The number of nitrogen functional groups attached to an aromatic ring is 1. The fourth-order valence-electron chi connectivity index (χ4n) is 5.18. The molecule has 0 saturated carbocycles. The maximum atomic E-state index is 13.1. The van der Waals surface area contributed by atoms with Gasteiger partial charge in [-0.3, -0.25) is 10.2 Å². The van der Waals surface area contributed by atoms with Gasteiger partial charge in [0.25, 0.3) is 5.91 Å². The molecule has 0 aliphatic heterocycles. The lowest BCUT2D eigenvalue weighted by Gasteiger charge is -2.16. The second-order valence-electron chi connectivity index (χ2n) is 9.80. The van der Waals surface area contributed by atoms with Crippen molar-refractivity contribution in [1.29, 1.82) is 0 Å². The third-order valence-electron chi connectivity index (χ3n) is 7.07. The first-order chi connectivity index (χ1) is 17.9. The summed E-state index contributed by atoms with van der Waals surface area (Å²) in [6.07, 6.45) is 5.51. The number of ether oxygens (including phenoxy) is 2. The first kappa shape index (κ1) is 26.5. The standard InChI is InChI=1S/C30H38N4O3/c1-20-21(12-8-6-7-11-15-33(2)3)16-26(30(35)32-31)28-25-13-9-10-14-27(25)34(29(20)28)22-17-23(36-4)19-24(18-22)37-5/h9-10,13-14,16-19H,6-8,11-12,15,31H2,1-5H3,(H,32,35). The van der Waals surface area contributed by atoms with Crippen LogP contribution in [0.2, 0.25) is 0 Å². The van der Waals surface area contributed by atoms with Crippen molar-refractivity contribution in [3.05, 3.63) is 65.2 Å². The van der Waals surface area contributed by atoms with Crippen molar-refractivity contribution < 1.29 is 14.3 Å². The average molecular weight is 503 g/mol. The molecule has 7 nitrogen and oxygen atoms in total. The molecular weight excluding hydrogens is 464 g/mol. The number of unbranched alkanes of at least 4 members (excludes halogenated alkanes) is 3. The Labute approximate surface area is 219 Å². The first-order valence-electron chi connectivity index (χ1n) is 12.8. The number of fused-ring (bicyclic) bond motifs is 3. The molecule has 196 valence electrons. The van der Waals surface area contributed by atoms with Gasteiger partial charge in [0, 0.05) is 29.0 Å². The molecule has 0 atom stereocenters. The van der Waals surface area contributed by atoms with E-state index in [1.54, 1.807) is 14.2 Å². The number of carbonyl (C=O) groups is 1. The summed E-state index contributed by atoms with van der Waals surface area (Å²) in [6.45, 7) is 3.26. The fraction of sp³-hybridized carbons (Fsp3) is 0.367. The maximum absolute atomic E-state index is 13.1. The van der Waals surface area contributed by atoms with Gasteiger partial charge in [-0.1, -0.05) is 31.0 Å². The molecule has 7 heteroatoms. The lowest BCUT2D eigenvalue weighted by atomic mass is 9.94. The van der Waals surface area contributed by atoms with Gasteiger partial charge < -0.3 is 18.9 Å². The summed E-state index contributed by atoms with van der Waals surface area (Å²) in [5, 5.41) is 1.89. The quantitative estimate of drug-likeness (QED) is 0.125. The molecule has 0 saturated heterocycles. The van der Waals surface area contributed by atoms with Gasteiger partial charge in [-0.05, 0) is 70.1 Å². The highest BCUT2D eigenvalue weighted by molar-refractivity contribution is 6.19. The predicted molar refractivity (Wildman–Crippen MR) is 151 cm³/mol. The number of methoxy groups -OCH3 is 2. The Morgan fingerprint density at radius 2 is 1.65 bits per heavy atom. The van der Waals surface area contributed by atoms with Crippen molar-refractivity contribution in [2.75, 3.05) is 34.9 Å². The number of hydrogen-bond acceptors (Lipinski definition) is 5. The molecule has 1 heterocycles. The van der Waals surface area contributed by atoms with E-state index in [0.29, 0.717) is 17.1 Å². The van der Waals surface area contributed by atoms with Crippen LogP contribution in [-0.2, 0) is 6.42 Å². The van der Waals surface area contributed by atoms with E-state index in [0.717, 1.165) is 64.4 Å². The molecule has 0 aliphatic carbocycles. The molecule has 3 N–H and O–H groups in total. The van der Waals surface area contributed by atoms with Crippen LogP contribution < -0.4 is 20.7 Å². The molecule has 0 aliphatic rings. The van der Waals surface area contributed by atoms with Crippen molar-refractivity contribution in [2.45, 2.75) is 39.0 Å². The van der Waals surface area contributed by atoms with E-state index in [2.05, 4.69) is 48.0 Å². The Morgan fingerprint density at radius 1 is 0.973 bits per heavy atom. The van der Waals surface area contributed by atoms with Gasteiger partial charge in [-0.2, -0.15) is 0 Å². The van der Waals surface area contributed by atoms with Crippen molar-refractivity contribution in [3.8, 4) is 17.2 Å². The first-order valence-corrected chi connectivity index (χ1v) is 12.8. The monoisotopic (exact) mass is 502 g/mol. The second-order valence-corrected chi connectivity index (χ2v) is 9.80. The summed E-state index contributed by atoms with van der Waals surface area (Å²) >= 11 is 0. The van der Waals surface area contributed by atoms with Crippen LogP contribution in [0.15, 0.2) is 48.5 Å². The topological polar surface area (TPSA) is 81.8 Å². The van der Waals surface area contributed by atoms with E-state index in [1.165, 1.54) is 12.8 Å². The van der Waals surface area contributed by atoms with Crippen LogP contribution in [0.25, 0.3) is 27.5 Å². The number of carbonyl (C=O) groups excluding carboxylic acids is 1. The van der Waals surface area contributed by atoms with Crippen molar-refractivity contribution >= 4 is 27.7 Å². The summed E-state index contributed by atoms with van der Waals surface area (Å²) < 4.78 is 13.4. The predicted octanol–water partition coefficient (Wildman–Crippen LogP) is 5.38. The largest absolute Gasteiger partial charge is 0.497 e. The number of aryl methyl sites for hydroxylation is 2. The second kappa shape index (κ2) is 11.7. The number of benzene rings is 3. The highest BCUT2D eigenvalue weighted by atomic mass is 16.5. The molecule has 1 amide bonds. The minimum absolute atomic E-state index is 0.289. The van der Waals surface area contributed by atoms with Gasteiger partial charge in [0.05, 0.1) is 36.5 Å². The molecular formula is C30H38N4O3. The normalized spacial score (nSPS) is 11.4.